The fourth-order valence-electron chi connectivity index (χ4n) is 1.19. The van der Waals surface area contributed by atoms with Crippen molar-refractivity contribution >= 4 is 11.7 Å². The number of carbonyl (C=O) groups excluding carboxylic acids is 1. The largest absolute Gasteiger partial charge is 0.460 e. The molecule has 1 rings (SSSR count). The molecule has 0 saturated carbocycles. The Labute approximate surface area is 101 Å². The topological polar surface area (TPSA) is 54.7 Å². The number of ether oxygens (including phenoxy) is 1. The van der Waals surface area contributed by atoms with Gasteiger partial charge in [0.2, 0.25) is 0 Å². The van der Waals surface area contributed by atoms with Crippen LogP contribution in [0.1, 0.15) is 6.92 Å². The summed E-state index contributed by atoms with van der Waals surface area (Å²) in [7, 11) is 0. The summed E-state index contributed by atoms with van der Waals surface area (Å²) in [6.07, 6.45) is 0. The summed E-state index contributed by atoms with van der Waals surface area (Å²) in [4.78, 5) is 14.5. The van der Waals surface area contributed by atoms with E-state index in [0.717, 1.165) is 5.69 Å². The maximum Gasteiger partial charge on any atom is 0.391 e. The van der Waals surface area contributed by atoms with Crippen molar-refractivity contribution in [3.63, 3.8) is 0 Å². The van der Waals surface area contributed by atoms with E-state index in [1.807, 2.05) is 30.3 Å². The molecule has 0 aliphatic rings. The van der Waals surface area contributed by atoms with Crippen LogP contribution in [0.2, 0.25) is 0 Å². The Morgan fingerprint density at radius 1 is 1.47 bits per heavy atom. The molecule has 0 radical (unpaired) electrons. The van der Waals surface area contributed by atoms with Gasteiger partial charge in [0.05, 0.1) is 6.61 Å². The molecule has 0 bridgehead atoms. The van der Waals surface area contributed by atoms with Gasteiger partial charge in [-0.2, -0.15) is 0 Å². The van der Waals surface area contributed by atoms with Gasteiger partial charge >= 0.3 is 12.0 Å². The number of esters is 1. The van der Waals surface area contributed by atoms with Crippen LogP contribution in [0.3, 0.4) is 0 Å². The van der Waals surface area contributed by atoms with E-state index in [9.17, 15) is 4.79 Å². The summed E-state index contributed by atoms with van der Waals surface area (Å²) in [5.74, 6) is -0.495. The summed E-state index contributed by atoms with van der Waals surface area (Å²) < 4.78 is 4.78. The van der Waals surface area contributed by atoms with Gasteiger partial charge in [-0.3, -0.25) is 4.85 Å². The lowest BCUT2D eigenvalue weighted by Crippen LogP contribution is -2.35. The zero-order valence-electron chi connectivity index (χ0n) is 9.64. The van der Waals surface area contributed by atoms with Gasteiger partial charge in [-0.1, -0.05) is 18.2 Å². The molecule has 0 aromatic heterocycles. The van der Waals surface area contributed by atoms with E-state index in [1.165, 1.54) is 0 Å². The van der Waals surface area contributed by atoms with E-state index in [-0.39, 0.29) is 13.2 Å². The summed E-state index contributed by atoms with van der Waals surface area (Å²) >= 11 is 0. The molecule has 1 atom stereocenters. The number of rotatable bonds is 6. The van der Waals surface area contributed by atoms with Crippen LogP contribution in [0.25, 0.3) is 4.85 Å². The Bertz CT molecular complexity index is 386. The molecule has 5 nitrogen and oxygen atoms in total. The lowest BCUT2D eigenvalue weighted by Gasteiger charge is -2.09. The Balaban J connectivity index is 2.34. The van der Waals surface area contributed by atoms with Crippen LogP contribution >= 0.6 is 0 Å². The van der Waals surface area contributed by atoms with Gasteiger partial charge in [-0.25, -0.2) is 16.8 Å². The van der Waals surface area contributed by atoms with Crippen molar-refractivity contribution in [2.24, 2.45) is 0 Å². The standard InChI is InChI=1S/C12H15N3O2/c1-3-17-12(16)11(13-2)9-14-15-10-7-5-4-6-8-10/h4-8,11,14-15H,3,9H2,1H3. The summed E-state index contributed by atoms with van der Waals surface area (Å²) in [5.41, 5.74) is 6.61. The summed E-state index contributed by atoms with van der Waals surface area (Å²) in [5, 5.41) is 0. The normalized spacial score (nSPS) is 11.3. The number of hydrogen-bond acceptors (Lipinski definition) is 4. The number of hydrogen-bond donors (Lipinski definition) is 2. The first-order chi connectivity index (χ1) is 8.27. The highest BCUT2D eigenvalue weighted by molar-refractivity contribution is 5.78. The molecule has 90 valence electrons. The molecule has 1 aromatic rings. The average molecular weight is 233 g/mol. The van der Waals surface area contributed by atoms with E-state index in [2.05, 4.69) is 15.7 Å². The Morgan fingerprint density at radius 3 is 2.76 bits per heavy atom. The van der Waals surface area contributed by atoms with Gasteiger partial charge in [0.1, 0.15) is 6.54 Å². The molecule has 0 aliphatic carbocycles. The van der Waals surface area contributed by atoms with Crippen molar-refractivity contribution in [2.45, 2.75) is 13.0 Å². The molecule has 0 spiro atoms. The number of carbonyl (C=O) groups is 1. The van der Waals surface area contributed by atoms with Gasteiger partial charge in [0.25, 0.3) is 0 Å². The molecule has 1 aromatic carbocycles. The SMILES string of the molecule is [C-]#[N+]C(CNNc1ccccc1)C(=O)OCC. The van der Waals surface area contributed by atoms with Crippen molar-refractivity contribution < 1.29 is 9.53 Å². The van der Waals surface area contributed by atoms with Gasteiger partial charge < -0.3 is 10.2 Å². The van der Waals surface area contributed by atoms with Crippen molar-refractivity contribution in [1.29, 1.82) is 0 Å². The first-order valence-electron chi connectivity index (χ1n) is 5.35. The molecule has 5 heteroatoms. The second-order valence-corrected chi connectivity index (χ2v) is 3.27. The zero-order chi connectivity index (χ0) is 12.5. The number of nitrogens with zero attached hydrogens (tertiary/aromatic N) is 1. The Hall–Kier alpha value is -2.06. The van der Waals surface area contributed by atoms with E-state index in [4.69, 9.17) is 11.3 Å². The first-order valence-corrected chi connectivity index (χ1v) is 5.35. The van der Waals surface area contributed by atoms with E-state index < -0.39 is 12.0 Å². The van der Waals surface area contributed by atoms with Crippen molar-refractivity contribution in [2.75, 3.05) is 18.6 Å². The van der Waals surface area contributed by atoms with E-state index >= 15 is 0 Å². The highest BCUT2D eigenvalue weighted by Crippen LogP contribution is 2.02. The number of benzene rings is 1. The van der Waals surface area contributed by atoms with E-state index in [1.54, 1.807) is 6.92 Å². The molecule has 1 unspecified atom stereocenters. The fourth-order valence-corrected chi connectivity index (χ4v) is 1.19. The van der Waals surface area contributed by atoms with Gasteiger partial charge in [0.15, 0.2) is 0 Å². The molecule has 0 aliphatic heterocycles. The van der Waals surface area contributed by atoms with Crippen molar-refractivity contribution in [1.82, 2.24) is 5.43 Å². The summed E-state index contributed by atoms with van der Waals surface area (Å²) in [6, 6.07) is 8.63. The highest BCUT2D eigenvalue weighted by Gasteiger charge is 2.24. The smallest absolute Gasteiger partial charge is 0.391 e. The number of para-hydroxylation sites is 1. The molecular formula is C12H15N3O2. The van der Waals surface area contributed by atoms with Crippen LogP contribution in [0.4, 0.5) is 5.69 Å². The van der Waals surface area contributed by atoms with Crippen LogP contribution in [0, 0.1) is 6.57 Å². The van der Waals surface area contributed by atoms with Crippen LogP contribution < -0.4 is 10.9 Å². The molecule has 2 N–H and O–H groups in total. The third-order valence-corrected chi connectivity index (χ3v) is 2.02. The Kier molecular flexibility index (Phi) is 5.55. The molecule has 0 heterocycles. The lowest BCUT2D eigenvalue weighted by atomic mass is 10.3. The fraction of sp³-hybridized carbons (Fsp3) is 0.333. The van der Waals surface area contributed by atoms with Gasteiger partial charge in [-0.15, -0.1) is 0 Å². The third-order valence-electron chi connectivity index (χ3n) is 2.02. The molecule has 0 fully saturated rings. The van der Waals surface area contributed by atoms with Crippen LogP contribution in [-0.4, -0.2) is 25.2 Å². The lowest BCUT2D eigenvalue weighted by molar-refractivity contribution is -0.143. The predicted octanol–water partition coefficient (Wildman–Crippen LogP) is 1.45. The number of hydrazine groups is 1. The molecule has 0 saturated heterocycles. The molecule has 17 heavy (non-hydrogen) atoms. The van der Waals surface area contributed by atoms with Crippen LogP contribution in [0.5, 0.6) is 0 Å². The molecule has 0 amide bonds. The van der Waals surface area contributed by atoms with Crippen LogP contribution in [0.15, 0.2) is 30.3 Å². The first kappa shape index (κ1) is 13.0. The minimum absolute atomic E-state index is 0.206. The maximum absolute atomic E-state index is 11.3. The summed E-state index contributed by atoms with van der Waals surface area (Å²) in [6.45, 7) is 9.12. The minimum Gasteiger partial charge on any atom is -0.460 e. The average Bonchev–Trinajstić information content (AvgIpc) is 2.36. The number of anilines is 1. The van der Waals surface area contributed by atoms with Crippen LogP contribution in [-0.2, 0) is 9.53 Å². The second kappa shape index (κ2) is 7.25. The zero-order valence-corrected chi connectivity index (χ0v) is 9.64. The third kappa shape index (κ3) is 4.53. The molecular weight excluding hydrogens is 218 g/mol. The predicted molar refractivity (Wildman–Crippen MR) is 65.1 cm³/mol. The van der Waals surface area contributed by atoms with E-state index in [0.29, 0.717) is 0 Å². The highest BCUT2D eigenvalue weighted by atomic mass is 16.5. The Morgan fingerprint density at radius 2 is 2.18 bits per heavy atom. The maximum atomic E-state index is 11.3. The second-order valence-electron chi connectivity index (χ2n) is 3.27. The minimum atomic E-state index is -0.814. The number of nitrogens with one attached hydrogen (secondary N) is 2. The monoisotopic (exact) mass is 233 g/mol. The van der Waals surface area contributed by atoms with Gasteiger partial charge in [0, 0.05) is 5.69 Å². The van der Waals surface area contributed by atoms with Gasteiger partial charge in [-0.05, 0) is 19.1 Å². The van der Waals surface area contributed by atoms with Crippen molar-refractivity contribution in [3.05, 3.63) is 41.7 Å². The van der Waals surface area contributed by atoms with Crippen molar-refractivity contribution in [3.8, 4) is 0 Å². The quantitative estimate of drug-likeness (QED) is 0.443.